The summed E-state index contributed by atoms with van der Waals surface area (Å²) < 4.78 is 5.38. The van der Waals surface area contributed by atoms with Crippen molar-refractivity contribution in [1.82, 2.24) is 10.3 Å². The van der Waals surface area contributed by atoms with E-state index in [9.17, 15) is 0 Å². The minimum absolute atomic E-state index is 0.765. The molecule has 0 aliphatic heterocycles. The molecule has 0 amide bonds. The molecule has 1 heterocycles. The smallest absolute Gasteiger partial charge is 0.0591 e. The Bertz CT molecular complexity index is 275. The van der Waals surface area contributed by atoms with Crippen LogP contribution in [0.15, 0.2) is 37.2 Å². The molecule has 0 atom stereocenters. The Labute approximate surface area is 97.5 Å². The average Bonchev–Trinajstić information content (AvgIpc) is 2.34. The molecule has 1 rings (SSSR count). The van der Waals surface area contributed by atoms with Crippen molar-refractivity contribution in [2.24, 2.45) is 0 Å². The molecule has 0 unspecified atom stereocenters. The van der Waals surface area contributed by atoms with Gasteiger partial charge < -0.3 is 10.1 Å². The Morgan fingerprint density at radius 1 is 1.38 bits per heavy atom. The van der Waals surface area contributed by atoms with E-state index >= 15 is 0 Å². The van der Waals surface area contributed by atoms with Crippen molar-refractivity contribution in [1.29, 1.82) is 0 Å². The van der Waals surface area contributed by atoms with Crippen LogP contribution < -0.4 is 5.32 Å². The van der Waals surface area contributed by atoms with Gasteiger partial charge in [-0.2, -0.15) is 0 Å². The second kappa shape index (κ2) is 9.07. The molecule has 0 aliphatic rings. The van der Waals surface area contributed by atoms with Gasteiger partial charge in [0.1, 0.15) is 0 Å². The highest BCUT2D eigenvalue weighted by molar-refractivity contribution is 5.08. The molecule has 0 fully saturated rings. The molecule has 16 heavy (non-hydrogen) atoms. The first-order valence-corrected chi connectivity index (χ1v) is 5.71. The highest BCUT2D eigenvalue weighted by atomic mass is 16.5. The lowest BCUT2D eigenvalue weighted by Crippen LogP contribution is -2.22. The van der Waals surface area contributed by atoms with Gasteiger partial charge in [0.2, 0.25) is 0 Å². The summed E-state index contributed by atoms with van der Waals surface area (Å²) in [4.78, 5) is 4.07. The fourth-order valence-electron chi connectivity index (χ4n) is 1.32. The van der Waals surface area contributed by atoms with E-state index in [1.54, 1.807) is 6.20 Å². The van der Waals surface area contributed by atoms with Crippen molar-refractivity contribution in [3.8, 4) is 0 Å². The molecule has 3 nitrogen and oxygen atoms in total. The number of ether oxygens (including phenoxy) is 1. The molecule has 0 aromatic carbocycles. The van der Waals surface area contributed by atoms with Crippen molar-refractivity contribution >= 4 is 0 Å². The summed E-state index contributed by atoms with van der Waals surface area (Å²) in [5, 5.41) is 3.33. The first-order chi connectivity index (χ1) is 7.93. The van der Waals surface area contributed by atoms with Crippen molar-refractivity contribution in [2.75, 3.05) is 26.3 Å². The van der Waals surface area contributed by atoms with Gasteiger partial charge in [-0.3, -0.25) is 4.98 Å². The molecule has 88 valence electrons. The van der Waals surface area contributed by atoms with E-state index < -0.39 is 0 Å². The Hall–Kier alpha value is -1.19. The van der Waals surface area contributed by atoms with E-state index in [0.717, 1.165) is 39.1 Å². The van der Waals surface area contributed by atoms with Crippen LogP contribution in [0.5, 0.6) is 0 Å². The Morgan fingerprint density at radius 3 is 3.06 bits per heavy atom. The van der Waals surface area contributed by atoms with Gasteiger partial charge in [0.05, 0.1) is 13.2 Å². The molecule has 1 aromatic heterocycles. The van der Waals surface area contributed by atoms with Crippen LogP contribution in [0.25, 0.3) is 0 Å². The van der Waals surface area contributed by atoms with Crippen LogP contribution in [0.4, 0.5) is 0 Å². The topological polar surface area (TPSA) is 34.1 Å². The summed E-state index contributed by atoms with van der Waals surface area (Å²) in [5.74, 6) is 0. The number of pyridine rings is 1. The van der Waals surface area contributed by atoms with Crippen LogP contribution in [-0.4, -0.2) is 31.3 Å². The quantitative estimate of drug-likeness (QED) is 0.509. The van der Waals surface area contributed by atoms with Gasteiger partial charge in [0.25, 0.3) is 0 Å². The van der Waals surface area contributed by atoms with Crippen LogP contribution >= 0.6 is 0 Å². The molecule has 0 saturated carbocycles. The van der Waals surface area contributed by atoms with Crippen molar-refractivity contribution < 1.29 is 4.74 Å². The van der Waals surface area contributed by atoms with Gasteiger partial charge in [0.15, 0.2) is 0 Å². The number of nitrogens with one attached hydrogen (secondary N) is 1. The molecule has 3 heteroatoms. The molecule has 1 aromatic rings. The predicted octanol–water partition coefficient (Wildman–Crippen LogP) is 1.81. The predicted molar refractivity (Wildman–Crippen MR) is 66.4 cm³/mol. The summed E-state index contributed by atoms with van der Waals surface area (Å²) in [6.45, 7) is 7.05. The zero-order valence-electron chi connectivity index (χ0n) is 9.69. The zero-order valence-corrected chi connectivity index (χ0v) is 9.69. The third-order valence-corrected chi connectivity index (χ3v) is 2.20. The molecule has 1 N–H and O–H groups in total. The Balaban J connectivity index is 1.90. The van der Waals surface area contributed by atoms with Gasteiger partial charge in [-0.05, 0) is 31.0 Å². The third kappa shape index (κ3) is 6.32. The highest BCUT2D eigenvalue weighted by Crippen LogP contribution is 1.95. The van der Waals surface area contributed by atoms with E-state index in [0.29, 0.717) is 0 Å². The fourth-order valence-corrected chi connectivity index (χ4v) is 1.32. The third-order valence-electron chi connectivity index (χ3n) is 2.20. The lowest BCUT2D eigenvalue weighted by atomic mass is 10.2. The molecule has 0 spiro atoms. The molecule has 0 radical (unpaired) electrons. The maximum Gasteiger partial charge on any atom is 0.0591 e. The van der Waals surface area contributed by atoms with E-state index in [-0.39, 0.29) is 0 Å². The molecule has 0 bridgehead atoms. The van der Waals surface area contributed by atoms with Gasteiger partial charge in [-0.15, -0.1) is 6.58 Å². The van der Waals surface area contributed by atoms with Crippen LogP contribution in [0, 0.1) is 0 Å². The van der Waals surface area contributed by atoms with Crippen molar-refractivity contribution in [3.05, 3.63) is 42.7 Å². The van der Waals surface area contributed by atoms with Crippen molar-refractivity contribution in [3.63, 3.8) is 0 Å². The van der Waals surface area contributed by atoms with Gasteiger partial charge in [-0.25, -0.2) is 0 Å². The standard InChI is InChI=1S/C13H20N2O/c1-2-3-10-16-11-9-14-8-6-13-5-4-7-15-12-13/h2,4-5,7,12,14H,1,3,6,8-11H2. The number of nitrogens with zero attached hydrogens (tertiary/aromatic N) is 1. The maximum atomic E-state index is 5.38. The van der Waals surface area contributed by atoms with Gasteiger partial charge in [0, 0.05) is 18.9 Å². The van der Waals surface area contributed by atoms with Crippen LogP contribution in [-0.2, 0) is 11.2 Å². The summed E-state index contributed by atoms with van der Waals surface area (Å²) >= 11 is 0. The fraction of sp³-hybridized carbons (Fsp3) is 0.462. The molecule has 0 saturated heterocycles. The highest BCUT2D eigenvalue weighted by Gasteiger charge is 1.92. The summed E-state index contributed by atoms with van der Waals surface area (Å²) in [6.07, 6.45) is 7.51. The normalized spacial score (nSPS) is 10.2. The summed E-state index contributed by atoms with van der Waals surface area (Å²) in [7, 11) is 0. The van der Waals surface area contributed by atoms with Crippen molar-refractivity contribution in [2.45, 2.75) is 12.8 Å². The zero-order chi connectivity index (χ0) is 11.5. The number of rotatable bonds is 9. The summed E-state index contributed by atoms with van der Waals surface area (Å²) in [5.41, 5.74) is 1.27. The van der Waals surface area contributed by atoms with E-state index in [2.05, 4.69) is 22.9 Å². The van der Waals surface area contributed by atoms with Crippen LogP contribution in [0.2, 0.25) is 0 Å². The maximum absolute atomic E-state index is 5.38. The largest absolute Gasteiger partial charge is 0.380 e. The van der Waals surface area contributed by atoms with E-state index in [4.69, 9.17) is 4.74 Å². The number of hydrogen-bond donors (Lipinski definition) is 1. The van der Waals surface area contributed by atoms with Gasteiger partial charge >= 0.3 is 0 Å². The summed E-state index contributed by atoms with van der Waals surface area (Å²) in [6, 6.07) is 4.06. The van der Waals surface area contributed by atoms with E-state index in [1.807, 2.05) is 18.3 Å². The first-order valence-electron chi connectivity index (χ1n) is 5.71. The number of hydrogen-bond acceptors (Lipinski definition) is 3. The average molecular weight is 220 g/mol. The monoisotopic (exact) mass is 220 g/mol. The second-order valence-corrected chi connectivity index (χ2v) is 3.55. The van der Waals surface area contributed by atoms with Gasteiger partial charge in [-0.1, -0.05) is 12.1 Å². The Kier molecular flexibility index (Phi) is 7.30. The minimum atomic E-state index is 0.765. The van der Waals surface area contributed by atoms with E-state index in [1.165, 1.54) is 5.56 Å². The number of aromatic nitrogens is 1. The minimum Gasteiger partial charge on any atom is -0.380 e. The molecular weight excluding hydrogens is 200 g/mol. The first kappa shape index (κ1) is 12.9. The molecule has 0 aliphatic carbocycles. The van der Waals surface area contributed by atoms with Crippen LogP contribution in [0.1, 0.15) is 12.0 Å². The molecular formula is C13H20N2O. The lowest BCUT2D eigenvalue weighted by Gasteiger charge is -2.05. The van der Waals surface area contributed by atoms with Crippen LogP contribution in [0.3, 0.4) is 0 Å². The Morgan fingerprint density at radius 2 is 2.31 bits per heavy atom. The second-order valence-electron chi connectivity index (χ2n) is 3.55. The SMILES string of the molecule is C=CCCOCCNCCc1cccnc1. The lowest BCUT2D eigenvalue weighted by molar-refractivity contribution is 0.140.